The normalized spacial score (nSPS) is 10.4. The first kappa shape index (κ1) is 13.2. The van der Waals surface area contributed by atoms with Crippen molar-refractivity contribution in [2.75, 3.05) is 5.32 Å². The zero-order valence-electron chi connectivity index (χ0n) is 9.81. The van der Waals surface area contributed by atoms with Gasteiger partial charge in [-0.1, -0.05) is 35.3 Å². The van der Waals surface area contributed by atoms with Gasteiger partial charge in [-0.25, -0.2) is 4.39 Å². The molecule has 4 heteroatoms. The van der Waals surface area contributed by atoms with Crippen LogP contribution in [0.25, 0.3) is 0 Å². The van der Waals surface area contributed by atoms with Crippen LogP contribution in [-0.4, -0.2) is 0 Å². The molecule has 0 atom stereocenters. The fourth-order valence-electron chi connectivity index (χ4n) is 1.65. The summed E-state index contributed by atoms with van der Waals surface area (Å²) in [6.07, 6.45) is 0. The van der Waals surface area contributed by atoms with Gasteiger partial charge in [-0.3, -0.25) is 0 Å². The molecule has 2 aromatic carbocycles. The fourth-order valence-corrected chi connectivity index (χ4v) is 2.03. The van der Waals surface area contributed by atoms with E-state index in [1.807, 2.05) is 25.1 Å². The Morgan fingerprint density at radius 3 is 2.72 bits per heavy atom. The van der Waals surface area contributed by atoms with Crippen molar-refractivity contribution < 1.29 is 4.39 Å². The van der Waals surface area contributed by atoms with Crippen LogP contribution in [0.4, 0.5) is 10.1 Å². The van der Waals surface area contributed by atoms with Crippen molar-refractivity contribution in [2.45, 2.75) is 13.5 Å². The van der Waals surface area contributed by atoms with Gasteiger partial charge in [-0.05, 0) is 42.3 Å². The second-order valence-electron chi connectivity index (χ2n) is 4.03. The van der Waals surface area contributed by atoms with Gasteiger partial charge >= 0.3 is 0 Å². The van der Waals surface area contributed by atoms with E-state index in [2.05, 4.69) is 5.32 Å². The molecule has 0 heterocycles. The monoisotopic (exact) mass is 283 g/mol. The fraction of sp³-hybridized carbons (Fsp3) is 0.143. The summed E-state index contributed by atoms with van der Waals surface area (Å²) in [5, 5.41) is 4.36. The lowest BCUT2D eigenvalue weighted by molar-refractivity contribution is 0.626. The van der Waals surface area contributed by atoms with Crippen molar-refractivity contribution >= 4 is 28.9 Å². The van der Waals surface area contributed by atoms with Crippen LogP contribution in [0.2, 0.25) is 10.0 Å². The van der Waals surface area contributed by atoms with Gasteiger partial charge < -0.3 is 5.32 Å². The topological polar surface area (TPSA) is 12.0 Å². The highest BCUT2D eigenvalue weighted by Crippen LogP contribution is 2.26. The Kier molecular flexibility index (Phi) is 4.10. The molecule has 0 saturated heterocycles. The second kappa shape index (κ2) is 5.59. The Balaban J connectivity index is 2.16. The van der Waals surface area contributed by atoms with Crippen molar-refractivity contribution in [1.29, 1.82) is 0 Å². The van der Waals surface area contributed by atoms with Crippen molar-refractivity contribution in [2.24, 2.45) is 0 Å². The minimum Gasteiger partial charge on any atom is -0.380 e. The van der Waals surface area contributed by atoms with Crippen molar-refractivity contribution in [3.05, 3.63) is 63.4 Å². The number of aryl methyl sites for hydroxylation is 1. The number of benzene rings is 2. The molecule has 0 aliphatic rings. The molecule has 0 aromatic heterocycles. The molecule has 18 heavy (non-hydrogen) atoms. The number of anilines is 1. The predicted molar refractivity (Wildman–Crippen MR) is 74.9 cm³/mol. The first-order chi connectivity index (χ1) is 8.58. The number of nitrogens with one attached hydrogen (secondary N) is 1. The molecule has 2 rings (SSSR count). The number of hydrogen-bond donors (Lipinski definition) is 1. The molecule has 0 bridgehead atoms. The molecule has 1 nitrogen and oxygen atoms in total. The molecule has 0 aliphatic heterocycles. The second-order valence-corrected chi connectivity index (χ2v) is 4.81. The highest BCUT2D eigenvalue weighted by atomic mass is 35.5. The molecule has 0 fully saturated rings. The summed E-state index contributed by atoms with van der Waals surface area (Å²) in [7, 11) is 0. The smallest absolute Gasteiger partial charge is 0.123 e. The van der Waals surface area contributed by atoms with E-state index in [0.29, 0.717) is 22.2 Å². The standard InChI is InChI=1S/C14H12Cl2FN/c1-9-3-2-4-13(14(9)16)18-8-10-7-11(17)5-6-12(10)15/h2-7,18H,8H2,1H3. The number of rotatable bonds is 3. The van der Waals surface area contributed by atoms with Crippen molar-refractivity contribution in [1.82, 2.24) is 0 Å². The molecule has 0 amide bonds. The van der Waals surface area contributed by atoms with Gasteiger partial charge in [0.05, 0.1) is 10.7 Å². The summed E-state index contributed by atoms with van der Waals surface area (Å²) in [5.41, 5.74) is 2.51. The minimum absolute atomic E-state index is 0.300. The third kappa shape index (κ3) is 2.95. The van der Waals surface area contributed by atoms with Crippen LogP contribution in [0.15, 0.2) is 36.4 Å². The first-order valence-electron chi connectivity index (χ1n) is 5.51. The van der Waals surface area contributed by atoms with Gasteiger partial charge in [0, 0.05) is 11.6 Å². The van der Waals surface area contributed by atoms with Crippen LogP contribution in [-0.2, 0) is 6.54 Å². The van der Waals surface area contributed by atoms with Gasteiger partial charge in [0.2, 0.25) is 0 Å². The molecule has 1 N–H and O–H groups in total. The van der Waals surface area contributed by atoms with Gasteiger partial charge in [-0.2, -0.15) is 0 Å². The molecule has 0 spiro atoms. The van der Waals surface area contributed by atoms with Gasteiger partial charge in [0.15, 0.2) is 0 Å². The third-order valence-corrected chi connectivity index (χ3v) is 3.54. The lowest BCUT2D eigenvalue weighted by atomic mass is 10.2. The minimum atomic E-state index is -0.300. The lowest BCUT2D eigenvalue weighted by Gasteiger charge is -2.11. The van der Waals surface area contributed by atoms with E-state index in [-0.39, 0.29) is 5.82 Å². The highest BCUT2D eigenvalue weighted by Gasteiger charge is 2.05. The van der Waals surface area contributed by atoms with E-state index in [0.717, 1.165) is 11.3 Å². The maximum absolute atomic E-state index is 13.1. The van der Waals surface area contributed by atoms with Gasteiger partial charge in [0.25, 0.3) is 0 Å². The maximum Gasteiger partial charge on any atom is 0.123 e. The summed E-state index contributed by atoms with van der Waals surface area (Å²) in [5.74, 6) is -0.300. The van der Waals surface area contributed by atoms with Gasteiger partial charge in [0.1, 0.15) is 5.82 Å². The van der Waals surface area contributed by atoms with E-state index in [1.54, 1.807) is 6.07 Å². The van der Waals surface area contributed by atoms with Crippen LogP contribution in [0.5, 0.6) is 0 Å². The Bertz CT molecular complexity index is 568. The lowest BCUT2D eigenvalue weighted by Crippen LogP contribution is -2.01. The Hall–Kier alpha value is -1.25. The summed E-state index contributed by atoms with van der Waals surface area (Å²) in [6.45, 7) is 2.36. The zero-order valence-corrected chi connectivity index (χ0v) is 11.3. The van der Waals surface area contributed by atoms with Crippen molar-refractivity contribution in [3.63, 3.8) is 0 Å². The molecule has 0 radical (unpaired) electrons. The molecule has 0 saturated carbocycles. The Morgan fingerprint density at radius 2 is 1.94 bits per heavy atom. The highest BCUT2D eigenvalue weighted by molar-refractivity contribution is 6.34. The molecule has 94 valence electrons. The molecular formula is C14H12Cl2FN. The molecule has 0 unspecified atom stereocenters. The van der Waals surface area contributed by atoms with E-state index < -0.39 is 0 Å². The van der Waals surface area contributed by atoms with Crippen LogP contribution < -0.4 is 5.32 Å². The summed E-state index contributed by atoms with van der Waals surface area (Å²) in [4.78, 5) is 0. The largest absolute Gasteiger partial charge is 0.380 e. The van der Waals surface area contributed by atoms with Crippen molar-refractivity contribution in [3.8, 4) is 0 Å². The number of halogens is 3. The van der Waals surface area contributed by atoms with E-state index in [1.165, 1.54) is 12.1 Å². The number of hydrogen-bond acceptors (Lipinski definition) is 1. The predicted octanol–water partition coefficient (Wildman–Crippen LogP) is 5.05. The van der Waals surface area contributed by atoms with Crippen LogP contribution in [0.3, 0.4) is 0 Å². The zero-order chi connectivity index (χ0) is 13.1. The summed E-state index contributed by atoms with van der Waals surface area (Å²) >= 11 is 12.2. The third-order valence-electron chi connectivity index (χ3n) is 2.67. The SMILES string of the molecule is Cc1cccc(NCc2cc(F)ccc2Cl)c1Cl. The average molecular weight is 284 g/mol. The average Bonchev–Trinajstić information content (AvgIpc) is 2.35. The van der Waals surface area contributed by atoms with Crippen LogP contribution >= 0.6 is 23.2 Å². The van der Waals surface area contributed by atoms with Crippen LogP contribution in [0, 0.1) is 12.7 Å². The molecular weight excluding hydrogens is 272 g/mol. The maximum atomic E-state index is 13.1. The van der Waals surface area contributed by atoms with E-state index in [9.17, 15) is 4.39 Å². The van der Waals surface area contributed by atoms with E-state index >= 15 is 0 Å². The van der Waals surface area contributed by atoms with E-state index in [4.69, 9.17) is 23.2 Å². The quantitative estimate of drug-likeness (QED) is 0.831. The molecule has 0 aliphatic carbocycles. The Labute approximate surface area is 116 Å². The summed E-state index contributed by atoms with van der Waals surface area (Å²) in [6, 6.07) is 10.0. The summed E-state index contributed by atoms with van der Waals surface area (Å²) < 4.78 is 13.1. The Morgan fingerprint density at radius 1 is 1.17 bits per heavy atom. The first-order valence-corrected chi connectivity index (χ1v) is 6.26. The molecule has 2 aromatic rings. The van der Waals surface area contributed by atoms with Crippen LogP contribution in [0.1, 0.15) is 11.1 Å². The van der Waals surface area contributed by atoms with Gasteiger partial charge in [-0.15, -0.1) is 0 Å².